The van der Waals surface area contributed by atoms with Gasteiger partial charge in [0.25, 0.3) is 0 Å². The van der Waals surface area contributed by atoms with Crippen LogP contribution in [0.1, 0.15) is 85.0 Å². The molecule has 0 saturated carbocycles. The van der Waals surface area contributed by atoms with E-state index in [1.54, 1.807) is 4.90 Å². The van der Waals surface area contributed by atoms with Crippen molar-refractivity contribution in [2.75, 3.05) is 20.1 Å². The number of nitrogens with one attached hydrogen (secondary N) is 1. The predicted molar refractivity (Wildman–Crippen MR) is 92.6 cm³/mol. The Labute approximate surface area is 132 Å². The molecule has 0 aliphatic carbocycles. The summed E-state index contributed by atoms with van der Waals surface area (Å²) in [5.41, 5.74) is 0. The fraction of sp³-hybridized carbons (Fsp3) is 0.944. The van der Waals surface area contributed by atoms with Gasteiger partial charge < -0.3 is 10.2 Å². The number of unbranched alkanes of at least 4 members (excludes halogenated alkanes) is 9. The minimum atomic E-state index is -0.0477. The number of hydrogen-bond acceptors (Lipinski definition) is 2. The quantitative estimate of drug-likeness (QED) is 0.483. The monoisotopic (exact) mass is 298 g/mol. The molecule has 1 unspecified atom stereocenters. The minimum Gasteiger partial charge on any atom is -0.345 e. The summed E-state index contributed by atoms with van der Waals surface area (Å²) in [5, 5.41) is 3.33. The van der Waals surface area contributed by atoms with Gasteiger partial charge in [0.2, 0.25) is 5.91 Å². The van der Waals surface area contributed by atoms with E-state index >= 15 is 0 Å². The number of rotatable bonds is 14. The summed E-state index contributed by atoms with van der Waals surface area (Å²) in [7, 11) is 1.86. The lowest BCUT2D eigenvalue weighted by Gasteiger charge is -2.20. The Hall–Kier alpha value is -0.570. The van der Waals surface area contributed by atoms with Crippen LogP contribution in [0.5, 0.6) is 0 Å². The van der Waals surface area contributed by atoms with Gasteiger partial charge in [-0.15, -0.1) is 0 Å². The second kappa shape index (κ2) is 14.4. The number of hydrogen-bond donors (Lipinski definition) is 1. The van der Waals surface area contributed by atoms with E-state index < -0.39 is 0 Å². The Morgan fingerprint density at radius 2 is 1.38 bits per heavy atom. The molecule has 0 fully saturated rings. The molecular weight excluding hydrogens is 260 g/mol. The van der Waals surface area contributed by atoms with E-state index in [1.165, 1.54) is 64.2 Å². The van der Waals surface area contributed by atoms with Gasteiger partial charge in [-0.2, -0.15) is 0 Å². The third-order valence-corrected chi connectivity index (χ3v) is 4.20. The molecule has 1 N–H and O–H groups in total. The molecule has 21 heavy (non-hydrogen) atoms. The van der Waals surface area contributed by atoms with E-state index in [9.17, 15) is 4.79 Å². The highest BCUT2D eigenvalue weighted by molar-refractivity contribution is 5.81. The van der Waals surface area contributed by atoms with Gasteiger partial charge in [0.05, 0.1) is 6.04 Å². The van der Waals surface area contributed by atoms with E-state index in [0.29, 0.717) is 0 Å². The normalized spacial score (nSPS) is 12.4. The second-order valence-corrected chi connectivity index (χ2v) is 6.21. The average Bonchev–Trinajstić information content (AvgIpc) is 2.50. The lowest BCUT2D eigenvalue weighted by atomic mass is 10.1. The van der Waals surface area contributed by atoms with Crippen molar-refractivity contribution in [3.8, 4) is 0 Å². The molecule has 126 valence electrons. The van der Waals surface area contributed by atoms with Crippen LogP contribution in [0, 0.1) is 0 Å². The first-order chi connectivity index (χ1) is 10.1. The van der Waals surface area contributed by atoms with E-state index in [0.717, 1.165) is 13.1 Å². The topological polar surface area (TPSA) is 32.3 Å². The standard InChI is InChI=1S/C18H38N2O/c1-5-7-8-9-10-11-12-13-14-15-16-19-17(3)18(21)20(4)6-2/h17,19H,5-16H2,1-4H3. The maximum atomic E-state index is 11.9. The van der Waals surface area contributed by atoms with Crippen LogP contribution in [-0.2, 0) is 4.79 Å². The fourth-order valence-corrected chi connectivity index (χ4v) is 2.50. The van der Waals surface area contributed by atoms with Gasteiger partial charge in [-0.3, -0.25) is 4.79 Å². The summed E-state index contributed by atoms with van der Waals surface area (Å²) < 4.78 is 0. The highest BCUT2D eigenvalue weighted by Gasteiger charge is 2.14. The molecule has 0 aliphatic heterocycles. The largest absolute Gasteiger partial charge is 0.345 e. The van der Waals surface area contributed by atoms with Crippen LogP contribution >= 0.6 is 0 Å². The molecular formula is C18H38N2O. The Morgan fingerprint density at radius 1 is 0.905 bits per heavy atom. The summed E-state index contributed by atoms with van der Waals surface area (Å²) in [4.78, 5) is 13.6. The zero-order valence-electron chi connectivity index (χ0n) is 14.9. The summed E-state index contributed by atoms with van der Waals surface area (Å²) in [5.74, 6) is 0.199. The van der Waals surface area contributed by atoms with Crippen molar-refractivity contribution >= 4 is 5.91 Å². The fourth-order valence-electron chi connectivity index (χ4n) is 2.50. The Bertz CT molecular complexity index is 243. The highest BCUT2D eigenvalue weighted by atomic mass is 16.2. The first-order valence-electron chi connectivity index (χ1n) is 9.11. The van der Waals surface area contributed by atoms with Crippen LogP contribution in [0.25, 0.3) is 0 Å². The smallest absolute Gasteiger partial charge is 0.239 e. The Kier molecular flexibility index (Phi) is 14.0. The van der Waals surface area contributed by atoms with Gasteiger partial charge in [-0.25, -0.2) is 0 Å². The van der Waals surface area contributed by atoms with E-state index in [4.69, 9.17) is 0 Å². The molecule has 0 bridgehead atoms. The van der Waals surface area contributed by atoms with Crippen molar-refractivity contribution in [1.82, 2.24) is 10.2 Å². The lowest BCUT2D eigenvalue weighted by molar-refractivity contribution is -0.131. The van der Waals surface area contributed by atoms with Gasteiger partial charge in [0.15, 0.2) is 0 Å². The van der Waals surface area contributed by atoms with Crippen molar-refractivity contribution in [2.45, 2.75) is 91.0 Å². The van der Waals surface area contributed by atoms with Crippen molar-refractivity contribution in [1.29, 1.82) is 0 Å². The number of likely N-dealkylation sites (N-methyl/N-ethyl adjacent to an activating group) is 1. The minimum absolute atomic E-state index is 0.0477. The first kappa shape index (κ1) is 20.4. The molecule has 0 rings (SSSR count). The third-order valence-electron chi connectivity index (χ3n) is 4.20. The van der Waals surface area contributed by atoms with Crippen LogP contribution in [0.4, 0.5) is 0 Å². The molecule has 0 aliphatic rings. The molecule has 1 amide bonds. The van der Waals surface area contributed by atoms with E-state index in [1.807, 2.05) is 20.9 Å². The number of carbonyl (C=O) groups is 1. The maximum Gasteiger partial charge on any atom is 0.239 e. The Balaban J connectivity index is 3.30. The maximum absolute atomic E-state index is 11.9. The molecule has 0 heterocycles. The molecule has 0 saturated heterocycles. The molecule has 0 spiro atoms. The summed E-state index contributed by atoms with van der Waals surface area (Å²) in [6.07, 6.45) is 13.6. The molecule has 0 aromatic heterocycles. The summed E-state index contributed by atoms with van der Waals surface area (Å²) in [6.45, 7) is 7.98. The van der Waals surface area contributed by atoms with Gasteiger partial charge in [0, 0.05) is 13.6 Å². The summed E-state index contributed by atoms with van der Waals surface area (Å²) >= 11 is 0. The summed E-state index contributed by atoms with van der Waals surface area (Å²) in [6, 6.07) is -0.0477. The number of nitrogens with zero attached hydrogens (tertiary/aromatic N) is 1. The van der Waals surface area contributed by atoms with Crippen LogP contribution in [-0.4, -0.2) is 37.0 Å². The molecule has 1 atom stereocenters. The van der Waals surface area contributed by atoms with Crippen molar-refractivity contribution in [3.05, 3.63) is 0 Å². The van der Waals surface area contributed by atoms with Crippen molar-refractivity contribution < 1.29 is 4.79 Å². The molecule has 0 radical (unpaired) electrons. The van der Waals surface area contributed by atoms with Crippen LogP contribution in [0.15, 0.2) is 0 Å². The van der Waals surface area contributed by atoms with Crippen molar-refractivity contribution in [3.63, 3.8) is 0 Å². The number of carbonyl (C=O) groups excluding carboxylic acids is 1. The third kappa shape index (κ3) is 11.7. The molecule has 3 nitrogen and oxygen atoms in total. The molecule has 0 aromatic carbocycles. The van der Waals surface area contributed by atoms with Gasteiger partial charge in [0.1, 0.15) is 0 Å². The van der Waals surface area contributed by atoms with E-state index in [2.05, 4.69) is 12.2 Å². The first-order valence-corrected chi connectivity index (χ1v) is 9.11. The predicted octanol–water partition coefficient (Wildman–Crippen LogP) is 4.36. The van der Waals surface area contributed by atoms with Crippen LogP contribution in [0.3, 0.4) is 0 Å². The van der Waals surface area contributed by atoms with Gasteiger partial charge >= 0.3 is 0 Å². The van der Waals surface area contributed by atoms with E-state index in [-0.39, 0.29) is 11.9 Å². The van der Waals surface area contributed by atoms with Crippen LogP contribution < -0.4 is 5.32 Å². The lowest BCUT2D eigenvalue weighted by Crippen LogP contribution is -2.43. The van der Waals surface area contributed by atoms with Crippen molar-refractivity contribution in [2.24, 2.45) is 0 Å². The van der Waals surface area contributed by atoms with Crippen LogP contribution in [0.2, 0.25) is 0 Å². The number of amides is 1. The zero-order valence-corrected chi connectivity index (χ0v) is 14.9. The molecule has 3 heteroatoms. The van der Waals surface area contributed by atoms with Gasteiger partial charge in [-0.1, -0.05) is 64.7 Å². The Morgan fingerprint density at radius 3 is 1.86 bits per heavy atom. The second-order valence-electron chi connectivity index (χ2n) is 6.21. The SMILES string of the molecule is CCCCCCCCCCCCNC(C)C(=O)N(C)CC. The molecule has 0 aromatic rings. The average molecular weight is 299 g/mol. The van der Waals surface area contributed by atoms with Gasteiger partial charge in [-0.05, 0) is 26.8 Å². The highest BCUT2D eigenvalue weighted by Crippen LogP contribution is 2.10. The zero-order chi connectivity index (χ0) is 15.9.